The monoisotopic (exact) mass is 474 g/mol. The molecule has 3 aliphatic rings. The van der Waals surface area contributed by atoms with E-state index in [9.17, 15) is 18.0 Å². The number of ether oxygens (including phenoxy) is 2. The number of anilines is 1. The van der Waals surface area contributed by atoms with Crippen LogP contribution in [0.4, 0.5) is 19.0 Å². The van der Waals surface area contributed by atoms with E-state index >= 15 is 0 Å². The number of aryl methyl sites for hydroxylation is 1. The Kier molecular flexibility index (Phi) is 5.73. The molecule has 2 aliphatic carbocycles. The van der Waals surface area contributed by atoms with Crippen LogP contribution in [0, 0.1) is 11.8 Å². The quantitative estimate of drug-likeness (QED) is 0.541. The molecule has 2 heterocycles. The van der Waals surface area contributed by atoms with Gasteiger partial charge in [-0.25, -0.2) is 4.98 Å². The summed E-state index contributed by atoms with van der Waals surface area (Å²) in [5.74, 6) is 0.846. The van der Waals surface area contributed by atoms with Crippen LogP contribution in [0.2, 0.25) is 0 Å². The number of nitrogens with one attached hydrogen (secondary N) is 1. The lowest BCUT2D eigenvalue weighted by atomic mass is 9.70. The van der Waals surface area contributed by atoms with Crippen LogP contribution in [0.1, 0.15) is 61.6 Å². The highest BCUT2D eigenvalue weighted by Gasteiger charge is 2.49. The van der Waals surface area contributed by atoms with Gasteiger partial charge in [0.2, 0.25) is 0 Å². The van der Waals surface area contributed by atoms with Gasteiger partial charge in [-0.05, 0) is 66.8 Å². The third-order valence-electron chi connectivity index (χ3n) is 7.58. The zero-order valence-corrected chi connectivity index (χ0v) is 19.3. The molecule has 1 N–H and O–H groups in total. The van der Waals surface area contributed by atoms with Crippen molar-refractivity contribution >= 4 is 11.8 Å². The number of aromatic nitrogens is 1. The fourth-order valence-electron chi connectivity index (χ4n) is 5.65. The van der Waals surface area contributed by atoms with Gasteiger partial charge >= 0.3 is 12.1 Å². The fourth-order valence-corrected chi connectivity index (χ4v) is 5.65. The maximum absolute atomic E-state index is 13.3. The summed E-state index contributed by atoms with van der Waals surface area (Å²) in [6.45, 7) is 1.92. The van der Waals surface area contributed by atoms with Crippen molar-refractivity contribution in [3.05, 3.63) is 53.2 Å². The van der Waals surface area contributed by atoms with Gasteiger partial charge in [-0.1, -0.05) is 19.1 Å². The number of benzene rings is 1. The molecule has 0 saturated heterocycles. The molecule has 5 nitrogen and oxygen atoms in total. The maximum Gasteiger partial charge on any atom is 0.419 e. The number of hydrogen-bond acceptors (Lipinski definition) is 5. The molecule has 0 unspecified atom stereocenters. The second-order valence-electron chi connectivity index (χ2n) is 9.97. The van der Waals surface area contributed by atoms with Crippen molar-refractivity contribution in [2.24, 2.45) is 11.8 Å². The van der Waals surface area contributed by atoms with Crippen molar-refractivity contribution in [2.75, 3.05) is 12.4 Å². The molecule has 1 spiro atoms. The van der Waals surface area contributed by atoms with Crippen LogP contribution >= 0.6 is 0 Å². The molecule has 2 fully saturated rings. The van der Waals surface area contributed by atoms with Gasteiger partial charge in [-0.2, -0.15) is 13.2 Å². The highest BCUT2D eigenvalue weighted by molar-refractivity contribution is 5.73. The van der Waals surface area contributed by atoms with E-state index in [1.165, 1.54) is 19.4 Å². The molecule has 1 aromatic heterocycles. The minimum atomic E-state index is -4.45. The van der Waals surface area contributed by atoms with Crippen LogP contribution in [0.25, 0.3) is 0 Å². The standard InChI is InChI=1S/C26H29F3N2O3/c1-15(24(32)33-2)22(17-6-7-17)18-8-5-16-9-10-25(34-21(16)12-18)13-19(14-25)31-23-20(26(27,28)29)4-3-11-30-23/h3-5,8,11-12,15,17,19,22H,6-7,9-10,13-14H2,1-2H3,(H,30,31)/t15-,19?,22-,25?/m0/s1. The van der Waals surface area contributed by atoms with Gasteiger partial charge in [0, 0.05) is 25.1 Å². The molecule has 5 rings (SSSR count). The Morgan fingerprint density at radius 3 is 2.71 bits per heavy atom. The molecular weight excluding hydrogens is 445 g/mol. The zero-order valence-electron chi connectivity index (χ0n) is 19.3. The molecule has 34 heavy (non-hydrogen) atoms. The number of methoxy groups -OCH3 is 1. The molecule has 2 saturated carbocycles. The summed E-state index contributed by atoms with van der Waals surface area (Å²) in [5, 5.41) is 2.97. The highest BCUT2D eigenvalue weighted by Crippen LogP contribution is 2.50. The van der Waals surface area contributed by atoms with E-state index in [2.05, 4.69) is 28.5 Å². The van der Waals surface area contributed by atoms with E-state index in [0.717, 1.165) is 48.6 Å². The van der Waals surface area contributed by atoms with Crippen LogP contribution in [0.5, 0.6) is 5.75 Å². The fraction of sp³-hybridized carbons (Fsp3) is 0.538. The molecule has 8 heteroatoms. The number of carbonyl (C=O) groups excluding carboxylic acids is 1. The van der Waals surface area contributed by atoms with Crippen LogP contribution in [0.3, 0.4) is 0 Å². The second kappa shape index (κ2) is 8.47. The summed E-state index contributed by atoms with van der Waals surface area (Å²) in [6.07, 6.45) is 2.06. The van der Waals surface area contributed by atoms with Crippen LogP contribution in [0.15, 0.2) is 36.5 Å². The second-order valence-corrected chi connectivity index (χ2v) is 9.97. The Morgan fingerprint density at radius 2 is 2.03 bits per heavy atom. The van der Waals surface area contributed by atoms with Crippen molar-refractivity contribution in [2.45, 2.75) is 69.2 Å². The van der Waals surface area contributed by atoms with E-state index in [0.29, 0.717) is 18.8 Å². The Bertz CT molecular complexity index is 1080. The van der Waals surface area contributed by atoms with E-state index < -0.39 is 11.7 Å². The normalized spacial score (nSPS) is 25.5. The van der Waals surface area contributed by atoms with Gasteiger partial charge in [-0.15, -0.1) is 0 Å². The number of pyridine rings is 1. The van der Waals surface area contributed by atoms with Crippen molar-refractivity contribution < 1.29 is 27.4 Å². The van der Waals surface area contributed by atoms with E-state index in [-0.39, 0.29) is 35.3 Å². The number of rotatable bonds is 6. The Hall–Kier alpha value is -2.77. The van der Waals surface area contributed by atoms with Gasteiger partial charge < -0.3 is 14.8 Å². The third kappa shape index (κ3) is 4.34. The summed E-state index contributed by atoms with van der Waals surface area (Å²) in [5.41, 5.74) is 1.10. The van der Waals surface area contributed by atoms with Crippen LogP contribution < -0.4 is 10.1 Å². The number of fused-ring (bicyclic) bond motifs is 1. The average molecular weight is 475 g/mol. The molecule has 182 valence electrons. The van der Waals surface area contributed by atoms with Crippen molar-refractivity contribution in [3.8, 4) is 5.75 Å². The Labute approximate surface area is 197 Å². The molecule has 1 aromatic carbocycles. The predicted octanol–water partition coefficient (Wildman–Crippen LogP) is 5.74. The number of carbonyl (C=O) groups is 1. The smallest absolute Gasteiger partial charge is 0.419 e. The number of alkyl halides is 3. The van der Waals surface area contributed by atoms with E-state index in [1.54, 1.807) is 0 Å². The predicted molar refractivity (Wildman–Crippen MR) is 121 cm³/mol. The minimum absolute atomic E-state index is 0.0972. The molecule has 2 atom stereocenters. The Morgan fingerprint density at radius 1 is 1.26 bits per heavy atom. The molecule has 1 aliphatic heterocycles. The number of esters is 1. The molecule has 2 aromatic rings. The van der Waals surface area contributed by atoms with Gasteiger partial charge in [0.15, 0.2) is 0 Å². The summed E-state index contributed by atoms with van der Waals surface area (Å²) in [7, 11) is 1.42. The largest absolute Gasteiger partial charge is 0.487 e. The molecule has 0 bridgehead atoms. The lowest BCUT2D eigenvalue weighted by Crippen LogP contribution is -2.56. The number of hydrogen-bond donors (Lipinski definition) is 1. The summed E-state index contributed by atoms with van der Waals surface area (Å²) in [6, 6.07) is 8.48. The van der Waals surface area contributed by atoms with E-state index in [1.807, 2.05) is 6.92 Å². The first-order chi connectivity index (χ1) is 16.2. The number of halogens is 3. The maximum atomic E-state index is 13.3. The van der Waals surface area contributed by atoms with Gasteiger partial charge in [0.1, 0.15) is 17.2 Å². The van der Waals surface area contributed by atoms with Gasteiger partial charge in [0.05, 0.1) is 18.6 Å². The Balaban J connectivity index is 1.29. The molecular formula is C26H29F3N2O3. The molecule has 0 amide bonds. The zero-order chi connectivity index (χ0) is 24.1. The van der Waals surface area contributed by atoms with E-state index in [4.69, 9.17) is 9.47 Å². The SMILES string of the molecule is COC(=O)[C@@H](C)[C@H](c1ccc2c(c1)OC1(CC2)CC(Nc2ncccc2C(F)(F)F)C1)C1CC1. The van der Waals surface area contributed by atoms with Crippen molar-refractivity contribution in [1.29, 1.82) is 0 Å². The van der Waals surface area contributed by atoms with Gasteiger partial charge in [0.25, 0.3) is 0 Å². The molecule has 0 radical (unpaired) electrons. The topological polar surface area (TPSA) is 60.5 Å². The average Bonchev–Trinajstić information content (AvgIpc) is 3.62. The minimum Gasteiger partial charge on any atom is -0.487 e. The van der Waals surface area contributed by atoms with Crippen molar-refractivity contribution in [1.82, 2.24) is 4.98 Å². The first-order valence-electron chi connectivity index (χ1n) is 11.9. The third-order valence-corrected chi connectivity index (χ3v) is 7.58. The first-order valence-corrected chi connectivity index (χ1v) is 11.9. The highest BCUT2D eigenvalue weighted by atomic mass is 19.4. The van der Waals surface area contributed by atoms with Crippen molar-refractivity contribution in [3.63, 3.8) is 0 Å². The summed E-state index contributed by atoms with van der Waals surface area (Å²) < 4.78 is 51.4. The van der Waals surface area contributed by atoms with Gasteiger partial charge in [-0.3, -0.25) is 4.79 Å². The summed E-state index contributed by atoms with van der Waals surface area (Å²) >= 11 is 0. The summed E-state index contributed by atoms with van der Waals surface area (Å²) in [4.78, 5) is 16.2. The number of nitrogens with zero attached hydrogens (tertiary/aromatic N) is 1. The first kappa shape index (κ1) is 23.0. The lowest BCUT2D eigenvalue weighted by Gasteiger charge is -2.50. The van der Waals surface area contributed by atoms with Crippen LogP contribution in [-0.4, -0.2) is 29.7 Å². The lowest BCUT2D eigenvalue weighted by molar-refractivity contribution is -0.145. The van der Waals surface area contributed by atoms with Crippen LogP contribution in [-0.2, 0) is 22.1 Å².